The molecule has 0 aromatic heterocycles. The van der Waals surface area contributed by atoms with Crippen molar-refractivity contribution in [3.8, 4) is 5.75 Å². The van der Waals surface area contributed by atoms with Crippen LogP contribution in [0.15, 0.2) is 68.6 Å². The van der Waals surface area contributed by atoms with E-state index < -0.39 is 0 Å². The van der Waals surface area contributed by atoms with Gasteiger partial charge in [-0.15, -0.1) is 0 Å². The van der Waals surface area contributed by atoms with Crippen molar-refractivity contribution in [3.05, 3.63) is 69.1 Å². The molecule has 0 radical (unpaired) electrons. The van der Waals surface area contributed by atoms with E-state index in [2.05, 4.69) is 47.7 Å². The third kappa shape index (κ3) is 4.87. The van der Waals surface area contributed by atoms with Gasteiger partial charge in [-0.25, -0.2) is 5.43 Å². The van der Waals surface area contributed by atoms with E-state index in [9.17, 15) is 4.79 Å². The SMILES string of the molecule is COc1c(Br)cc(/C=N\NC(=O)CNc2cccc3ccccc23)cc1Br. The molecule has 0 bridgehead atoms. The lowest BCUT2D eigenvalue weighted by atomic mass is 10.1. The summed E-state index contributed by atoms with van der Waals surface area (Å²) in [6, 6.07) is 17.7. The van der Waals surface area contributed by atoms with E-state index >= 15 is 0 Å². The van der Waals surface area contributed by atoms with Crippen LogP contribution in [-0.2, 0) is 4.79 Å². The second-order valence-electron chi connectivity index (χ2n) is 5.69. The zero-order chi connectivity index (χ0) is 19.2. The van der Waals surface area contributed by atoms with Gasteiger partial charge in [0.1, 0.15) is 5.75 Å². The molecule has 3 aromatic rings. The van der Waals surface area contributed by atoms with E-state index in [4.69, 9.17) is 4.74 Å². The molecule has 0 aliphatic heterocycles. The predicted molar refractivity (Wildman–Crippen MR) is 117 cm³/mol. The zero-order valence-corrected chi connectivity index (χ0v) is 17.7. The van der Waals surface area contributed by atoms with E-state index in [-0.39, 0.29) is 12.5 Å². The molecule has 0 heterocycles. The predicted octanol–water partition coefficient (Wildman–Crippen LogP) is 4.94. The smallest absolute Gasteiger partial charge is 0.259 e. The molecular weight excluding hydrogens is 474 g/mol. The monoisotopic (exact) mass is 489 g/mol. The number of nitrogens with zero attached hydrogens (tertiary/aromatic N) is 1. The lowest BCUT2D eigenvalue weighted by Gasteiger charge is -2.09. The molecule has 0 aliphatic rings. The van der Waals surface area contributed by atoms with Crippen molar-refractivity contribution in [1.82, 2.24) is 5.43 Å². The van der Waals surface area contributed by atoms with Crippen molar-refractivity contribution in [3.63, 3.8) is 0 Å². The summed E-state index contributed by atoms with van der Waals surface area (Å²) in [6.07, 6.45) is 1.57. The number of amides is 1. The highest BCUT2D eigenvalue weighted by Crippen LogP contribution is 2.33. The normalized spacial score (nSPS) is 10.9. The fourth-order valence-electron chi connectivity index (χ4n) is 2.62. The van der Waals surface area contributed by atoms with Crippen LogP contribution >= 0.6 is 31.9 Å². The molecule has 0 unspecified atom stereocenters. The largest absolute Gasteiger partial charge is 0.494 e. The number of benzene rings is 3. The van der Waals surface area contributed by atoms with Crippen LogP contribution in [0, 0.1) is 0 Å². The number of anilines is 1. The molecule has 0 aliphatic carbocycles. The first-order valence-corrected chi connectivity index (χ1v) is 9.73. The lowest BCUT2D eigenvalue weighted by molar-refractivity contribution is -0.119. The minimum absolute atomic E-state index is 0.126. The molecule has 0 atom stereocenters. The Labute approximate surface area is 174 Å². The molecule has 3 rings (SSSR count). The molecule has 7 heteroatoms. The number of hydrogen-bond donors (Lipinski definition) is 2. The average molecular weight is 491 g/mol. The third-order valence-electron chi connectivity index (χ3n) is 3.86. The summed E-state index contributed by atoms with van der Waals surface area (Å²) in [6.45, 7) is 0.126. The number of fused-ring (bicyclic) bond motifs is 1. The number of carbonyl (C=O) groups is 1. The first kappa shape index (κ1) is 19.4. The van der Waals surface area contributed by atoms with Gasteiger partial charge in [-0.3, -0.25) is 4.79 Å². The number of hydrogen-bond acceptors (Lipinski definition) is 4. The second kappa shape index (κ2) is 9.01. The van der Waals surface area contributed by atoms with Crippen molar-refractivity contribution >= 4 is 60.4 Å². The summed E-state index contributed by atoms with van der Waals surface area (Å²) in [5, 5.41) is 9.35. The number of nitrogens with one attached hydrogen (secondary N) is 2. The van der Waals surface area contributed by atoms with Gasteiger partial charge in [-0.2, -0.15) is 5.10 Å². The summed E-state index contributed by atoms with van der Waals surface area (Å²) in [5.74, 6) is 0.473. The number of hydrazone groups is 1. The summed E-state index contributed by atoms with van der Waals surface area (Å²) >= 11 is 6.87. The van der Waals surface area contributed by atoms with Gasteiger partial charge < -0.3 is 10.1 Å². The fourth-order valence-corrected chi connectivity index (χ4v) is 4.17. The number of methoxy groups -OCH3 is 1. The summed E-state index contributed by atoms with van der Waals surface area (Å²) < 4.78 is 6.85. The Hall–Kier alpha value is -2.38. The van der Waals surface area contributed by atoms with Crippen molar-refractivity contribution in [2.45, 2.75) is 0 Å². The van der Waals surface area contributed by atoms with Crippen LogP contribution in [0.25, 0.3) is 10.8 Å². The minimum atomic E-state index is -0.231. The summed E-state index contributed by atoms with van der Waals surface area (Å²) in [4.78, 5) is 12.1. The van der Waals surface area contributed by atoms with Crippen molar-refractivity contribution in [2.75, 3.05) is 19.0 Å². The first-order chi connectivity index (χ1) is 13.1. The average Bonchev–Trinajstić information content (AvgIpc) is 2.66. The third-order valence-corrected chi connectivity index (χ3v) is 5.03. The number of carbonyl (C=O) groups excluding carboxylic acids is 1. The highest BCUT2D eigenvalue weighted by Gasteiger charge is 2.07. The van der Waals surface area contributed by atoms with Gasteiger partial charge in [-0.05, 0) is 61.0 Å². The van der Waals surface area contributed by atoms with Gasteiger partial charge in [0.15, 0.2) is 0 Å². The molecule has 2 N–H and O–H groups in total. The number of ether oxygens (including phenoxy) is 1. The van der Waals surface area contributed by atoms with E-state index in [0.29, 0.717) is 5.75 Å². The van der Waals surface area contributed by atoms with Gasteiger partial charge in [0.2, 0.25) is 0 Å². The Kier molecular flexibility index (Phi) is 6.47. The van der Waals surface area contributed by atoms with Gasteiger partial charge in [0.25, 0.3) is 5.91 Å². The number of halogens is 2. The highest BCUT2D eigenvalue weighted by molar-refractivity contribution is 9.11. The second-order valence-corrected chi connectivity index (χ2v) is 7.40. The molecule has 5 nitrogen and oxygen atoms in total. The van der Waals surface area contributed by atoms with Crippen molar-refractivity contribution < 1.29 is 9.53 Å². The molecule has 0 saturated carbocycles. The van der Waals surface area contributed by atoms with Crippen LogP contribution in [0.3, 0.4) is 0 Å². The molecule has 0 fully saturated rings. The molecule has 0 saturated heterocycles. The van der Waals surface area contributed by atoms with Crippen LogP contribution in [-0.4, -0.2) is 25.8 Å². The maximum atomic E-state index is 12.1. The maximum absolute atomic E-state index is 12.1. The summed E-state index contributed by atoms with van der Waals surface area (Å²) in [7, 11) is 1.60. The molecule has 0 spiro atoms. The lowest BCUT2D eigenvalue weighted by Crippen LogP contribution is -2.25. The molecule has 138 valence electrons. The van der Waals surface area contributed by atoms with Crippen LogP contribution in [0.1, 0.15) is 5.56 Å². The zero-order valence-electron chi connectivity index (χ0n) is 14.5. The Morgan fingerprint density at radius 1 is 1.11 bits per heavy atom. The Morgan fingerprint density at radius 2 is 1.81 bits per heavy atom. The Bertz CT molecular complexity index is 977. The maximum Gasteiger partial charge on any atom is 0.259 e. The van der Waals surface area contributed by atoms with Gasteiger partial charge >= 0.3 is 0 Å². The van der Waals surface area contributed by atoms with Crippen LogP contribution in [0.4, 0.5) is 5.69 Å². The van der Waals surface area contributed by atoms with Gasteiger partial charge in [0.05, 0.1) is 28.8 Å². The van der Waals surface area contributed by atoms with E-state index in [1.165, 1.54) is 0 Å². The van der Waals surface area contributed by atoms with Crippen molar-refractivity contribution in [2.24, 2.45) is 5.10 Å². The van der Waals surface area contributed by atoms with E-state index in [1.54, 1.807) is 13.3 Å². The van der Waals surface area contributed by atoms with Crippen molar-refractivity contribution in [1.29, 1.82) is 0 Å². The molecule has 3 aromatic carbocycles. The quantitative estimate of drug-likeness (QED) is 0.380. The first-order valence-electron chi connectivity index (χ1n) is 8.15. The molecule has 27 heavy (non-hydrogen) atoms. The van der Waals surface area contributed by atoms with Gasteiger partial charge in [-0.1, -0.05) is 36.4 Å². The van der Waals surface area contributed by atoms with Crippen LogP contribution in [0.2, 0.25) is 0 Å². The van der Waals surface area contributed by atoms with Crippen LogP contribution < -0.4 is 15.5 Å². The number of rotatable bonds is 6. The van der Waals surface area contributed by atoms with Crippen LogP contribution in [0.5, 0.6) is 5.75 Å². The minimum Gasteiger partial charge on any atom is -0.494 e. The van der Waals surface area contributed by atoms with E-state index in [0.717, 1.165) is 31.0 Å². The van der Waals surface area contributed by atoms with E-state index in [1.807, 2.05) is 54.6 Å². The fraction of sp³-hybridized carbons (Fsp3) is 0.100. The Morgan fingerprint density at radius 3 is 2.56 bits per heavy atom. The Balaban J connectivity index is 1.59. The summed E-state index contributed by atoms with van der Waals surface area (Å²) in [5.41, 5.74) is 4.25. The topological polar surface area (TPSA) is 62.7 Å². The molecule has 1 amide bonds. The van der Waals surface area contributed by atoms with Gasteiger partial charge in [0, 0.05) is 11.1 Å². The highest BCUT2D eigenvalue weighted by atomic mass is 79.9. The molecular formula is C20H17Br2N3O2. The standard InChI is InChI=1S/C20H17Br2N3O2/c1-27-20-16(21)9-13(10-17(20)22)11-24-25-19(26)12-23-18-8-4-6-14-5-2-3-7-15(14)18/h2-11,23H,12H2,1H3,(H,25,26)/b24-11-.